The number of hydrogen-bond donors (Lipinski definition) is 0. The van der Waals surface area contributed by atoms with Crippen molar-refractivity contribution in [2.24, 2.45) is 0 Å². The molecule has 0 fully saturated rings. The predicted molar refractivity (Wildman–Crippen MR) is 186 cm³/mol. The highest BCUT2D eigenvalue weighted by Gasteiger charge is 2.41. The van der Waals surface area contributed by atoms with Crippen LogP contribution in [0.15, 0.2) is 24.6 Å². The van der Waals surface area contributed by atoms with Crippen molar-refractivity contribution in [1.29, 1.82) is 0 Å². The van der Waals surface area contributed by atoms with Gasteiger partial charge in [0.05, 0.1) is 0 Å². The summed E-state index contributed by atoms with van der Waals surface area (Å²) in [4.78, 5) is 0. The second-order valence-corrected chi connectivity index (χ2v) is 20.6. The van der Waals surface area contributed by atoms with Crippen molar-refractivity contribution < 1.29 is 4.12 Å². The van der Waals surface area contributed by atoms with Gasteiger partial charge in [0.15, 0.2) is 0 Å². The minimum Gasteiger partial charge on any atom is -0.449 e. The molecule has 39 heavy (non-hydrogen) atoms. The van der Waals surface area contributed by atoms with Crippen LogP contribution in [-0.2, 0) is 4.12 Å². The molecule has 0 aliphatic heterocycles. The molecule has 0 radical (unpaired) electrons. The molecule has 0 rings (SSSR count). The first kappa shape index (κ1) is 38.9. The zero-order valence-corrected chi connectivity index (χ0v) is 29.8. The molecule has 0 atom stereocenters. The minimum atomic E-state index is -1.97. The Morgan fingerprint density at radius 1 is 0.359 bits per heavy atom. The van der Waals surface area contributed by atoms with E-state index in [-0.39, 0.29) is 0 Å². The van der Waals surface area contributed by atoms with Crippen LogP contribution in [0.5, 0.6) is 0 Å². The first-order valence-electron chi connectivity index (χ1n) is 18.0. The standard InChI is InChI=1S/C36H74OSi2/c1-7-13-17-21-25-29-33-38(11-5,34-30-26-22-18-14-8-2)37-39(12-6,35-31-27-23-19-15-9-3)36-32-28-24-20-16-10-4/h11-12H,5-10,13-36H2,1-4H3. The summed E-state index contributed by atoms with van der Waals surface area (Å²) in [6, 6.07) is 5.20. The smallest absolute Gasteiger partial charge is 0.204 e. The maximum atomic E-state index is 7.68. The van der Waals surface area contributed by atoms with Crippen molar-refractivity contribution in [1.82, 2.24) is 0 Å². The fourth-order valence-corrected chi connectivity index (χ4v) is 16.4. The van der Waals surface area contributed by atoms with Crippen molar-refractivity contribution in [3.8, 4) is 0 Å². The molecule has 0 saturated carbocycles. The van der Waals surface area contributed by atoms with E-state index in [4.69, 9.17) is 4.12 Å². The Morgan fingerprint density at radius 2 is 0.564 bits per heavy atom. The summed E-state index contributed by atoms with van der Waals surface area (Å²) in [5.41, 5.74) is 4.78. The SMILES string of the molecule is C=C[Si](CCCCCCCC)(CCCCCCCC)O[Si](C=C)(CCCCCCCC)CCCCCCCC. The summed E-state index contributed by atoms with van der Waals surface area (Å²) < 4.78 is 7.68. The molecule has 0 bridgehead atoms. The maximum absolute atomic E-state index is 7.68. The fourth-order valence-electron chi connectivity index (χ4n) is 6.17. The molecule has 0 heterocycles. The topological polar surface area (TPSA) is 9.23 Å². The summed E-state index contributed by atoms with van der Waals surface area (Å²) >= 11 is 0. The van der Waals surface area contributed by atoms with Gasteiger partial charge in [0, 0.05) is 0 Å². The summed E-state index contributed by atoms with van der Waals surface area (Å²) in [5.74, 6) is 0. The lowest BCUT2D eigenvalue weighted by atomic mass is 10.1. The van der Waals surface area contributed by atoms with Gasteiger partial charge in [0.1, 0.15) is 0 Å². The second-order valence-electron chi connectivity index (χ2n) is 12.7. The normalized spacial score (nSPS) is 12.2. The average Bonchev–Trinajstić information content (AvgIpc) is 2.95. The Bertz CT molecular complexity index is 454. The van der Waals surface area contributed by atoms with Crippen molar-refractivity contribution in [3.05, 3.63) is 24.6 Å². The molecule has 0 aromatic carbocycles. The molecule has 0 aromatic rings. The van der Waals surface area contributed by atoms with Gasteiger partial charge >= 0.3 is 0 Å². The highest BCUT2D eigenvalue weighted by atomic mass is 28.4. The molecular formula is C36H74OSi2. The number of unbranched alkanes of at least 4 members (excludes halogenated alkanes) is 20. The van der Waals surface area contributed by atoms with Crippen LogP contribution in [0.2, 0.25) is 24.2 Å². The van der Waals surface area contributed by atoms with E-state index >= 15 is 0 Å². The third-order valence-corrected chi connectivity index (χ3v) is 18.5. The summed E-state index contributed by atoms with van der Waals surface area (Å²) in [6.45, 7) is 18.3. The van der Waals surface area contributed by atoms with Crippen LogP contribution >= 0.6 is 0 Å². The lowest BCUT2D eigenvalue weighted by Crippen LogP contribution is -2.50. The Hall–Kier alpha value is -0.126. The van der Waals surface area contributed by atoms with Gasteiger partial charge in [-0.05, 0) is 24.2 Å². The van der Waals surface area contributed by atoms with E-state index < -0.39 is 16.6 Å². The van der Waals surface area contributed by atoms with Crippen LogP contribution in [0.1, 0.15) is 182 Å². The molecule has 0 amide bonds. The molecule has 232 valence electrons. The van der Waals surface area contributed by atoms with Crippen LogP contribution in [0, 0.1) is 0 Å². The van der Waals surface area contributed by atoms with E-state index in [1.54, 1.807) is 0 Å². The molecule has 1 nitrogen and oxygen atoms in total. The molecule has 0 saturated heterocycles. The zero-order valence-electron chi connectivity index (χ0n) is 27.8. The summed E-state index contributed by atoms with van der Waals surface area (Å²) in [5, 5.41) is 0. The monoisotopic (exact) mass is 579 g/mol. The molecule has 0 unspecified atom stereocenters. The molecular weight excluding hydrogens is 505 g/mol. The third kappa shape index (κ3) is 21.3. The van der Waals surface area contributed by atoms with Gasteiger partial charge < -0.3 is 4.12 Å². The summed E-state index contributed by atoms with van der Waals surface area (Å²) in [6.07, 6.45) is 32.9. The van der Waals surface area contributed by atoms with E-state index in [1.807, 2.05) is 0 Å². The lowest BCUT2D eigenvalue weighted by Gasteiger charge is -2.40. The van der Waals surface area contributed by atoms with Gasteiger partial charge in [-0.3, -0.25) is 0 Å². The van der Waals surface area contributed by atoms with Crippen LogP contribution in [0.25, 0.3) is 0 Å². The molecule has 0 aromatic heterocycles. The quantitative estimate of drug-likeness (QED) is 0.0569. The Kier molecular flexibility index (Phi) is 27.9. The van der Waals surface area contributed by atoms with Crippen LogP contribution < -0.4 is 0 Å². The highest BCUT2D eigenvalue weighted by Crippen LogP contribution is 2.35. The largest absolute Gasteiger partial charge is 0.449 e. The second kappa shape index (κ2) is 28.0. The van der Waals surface area contributed by atoms with E-state index in [0.29, 0.717) is 0 Å². The first-order valence-corrected chi connectivity index (χ1v) is 22.8. The van der Waals surface area contributed by atoms with Crippen molar-refractivity contribution in [3.63, 3.8) is 0 Å². The maximum Gasteiger partial charge on any atom is 0.204 e. The van der Waals surface area contributed by atoms with Gasteiger partial charge in [0.2, 0.25) is 16.6 Å². The van der Waals surface area contributed by atoms with Gasteiger partial charge in [-0.2, -0.15) is 0 Å². The number of hydrogen-bond acceptors (Lipinski definition) is 1. The fraction of sp³-hybridized carbons (Fsp3) is 0.889. The van der Waals surface area contributed by atoms with E-state index in [2.05, 4.69) is 52.3 Å². The summed E-state index contributed by atoms with van der Waals surface area (Å²) in [7, 11) is -3.94. The average molecular weight is 579 g/mol. The van der Waals surface area contributed by atoms with Crippen LogP contribution in [0.4, 0.5) is 0 Å². The van der Waals surface area contributed by atoms with E-state index in [0.717, 1.165) is 0 Å². The Labute approximate surface area is 250 Å². The zero-order chi connectivity index (χ0) is 28.9. The minimum absolute atomic E-state index is 1.30. The molecule has 0 N–H and O–H groups in total. The van der Waals surface area contributed by atoms with Crippen molar-refractivity contribution in [2.75, 3.05) is 0 Å². The van der Waals surface area contributed by atoms with Crippen LogP contribution in [0.3, 0.4) is 0 Å². The van der Waals surface area contributed by atoms with Crippen molar-refractivity contribution >= 4 is 16.6 Å². The lowest BCUT2D eigenvalue weighted by molar-refractivity contribution is 0.499. The highest BCUT2D eigenvalue weighted by molar-refractivity contribution is 6.91. The van der Waals surface area contributed by atoms with E-state index in [1.165, 1.54) is 178 Å². The van der Waals surface area contributed by atoms with Gasteiger partial charge in [-0.15, -0.1) is 13.2 Å². The van der Waals surface area contributed by atoms with E-state index in [9.17, 15) is 0 Å². The van der Waals surface area contributed by atoms with Gasteiger partial charge in [-0.1, -0.05) is 193 Å². The molecule has 0 aliphatic rings. The molecule has 0 aliphatic carbocycles. The first-order chi connectivity index (χ1) is 19.1. The number of rotatable bonds is 32. The van der Waals surface area contributed by atoms with Gasteiger partial charge in [-0.25, -0.2) is 0 Å². The third-order valence-electron chi connectivity index (χ3n) is 8.96. The van der Waals surface area contributed by atoms with Gasteiger partial charge in [0.25, 0.3) is 0 Å². The Morgan fingerprint density at radius 3 is 0.769 bits per heavy atom. The van der Waals surface area contributed by atoms with Crippen molar-refractivity contribution in [2.45, 2.75) is 206 Å². The van der Waals surface area contributed by atoms with Crippen LogP contribution in [-0.4, -0.2) is 16.6 Å². The predicted octanol–water partition coefficient (Wildman–Crippen LogP) is 13.8. The molecule has 0 spiro atoms. The Balaban J connectivity index is 5.43. The molecule has 3 heteroatoms.